The number of carboxylic acid groups (broad SMARTS) is 1. The van der Waals surface area contributed by atoms with Crippen LogP contribution in [0.25, 0.3) is 6.08 Å². The molecule has 0 saturated heterocycles. The highest BCUT2D eigenvalue weighted by molar-refractivity contribution is 9.10. The Bertz CT molecular complexity index is 768. The predicted octanol–water partition coefficient (Wildman–Crippen LogP) is 4.50. The molecule has 0 radical (unpaired) electrons. The van der Waals surface area contributed by atoms with Crippen LogP contribution in [0.4, 0.5) is 5.69 Å². The summed E-state index contributed by atoms with van der Waals surface area (Å²) in [6.45, 7) is 3.48. The molecular formula is C19H18BrNO2. The number of hydrogen-bond donors (Lipinski definition) is 1. The summed E-state index contributed by atoms with van der Waals surface area (Å²) in [5.74, 6) is -0.882. The number of benzene rings is 2. The third-order valence-electron chi connectivity index (χ3n) is 4.07. The molecule has 0 amide bonds. The average Bonchev–Trinajstić information content (AvgIpc) is 2.91. The van der Waals surface area contributed by atoms with Crippen LogP contribution in [-0.2, 0) is 17.8 Å². The summed E-state index contributed by atoms with van der Waals surface area (Å²) in [6.07, 6.45) is 2.70. The van der Waals surface area contributed by atoms with Gasteiger partial charge in [0.05, 0.1) is 5.69 Å². The Labute approximate surface area is 144 Å². The Morgan fingerprint density at radius 3 is 2.74 bits per heavy atom. The van der Waals surface area contributed by atoms with Gasteiger partial charge in [0, 0.05) is 23.1 Å². The van der Waals surface area contributed by atoms with Crippen molar-refractivity contribution in [1.29, 1.82) is 0 Å². The largest absolute Gasteiger partial charge is 0.478 e. The van der Waals surface area contributed by atoms with E-state index in [-0.39, 0.29) is 0 Å². The number of halogens is 1. The van der Waals surface area contributed by atoms with E-state index in [9.17, 15) is 4.79 Å². The van der Waals surface area contributed by atoms with E-state index in [1.165, 1.54) is 16.8 Å². The van der Waals surface area contributed by atoms with E-state index < -0.39 is 5.97 Å². The van der Waals surface area contributed by atoms with Crippen LogP contribution in [0.2, 0.25) is 0 Å². The van der Waals surface area contributed by atoms with Gasteiger partial charge in [-0.3, -0.25) is 0 Å². The van der Waals surface area contributed by atoms with E-state index in [0.717, 1.165) is 29.5 Å². The van der Waals surface area contributed by atoms with Gasteiger partial charge in [-0.05, 0) is 64.2 Å². The van der Waals surface area contributed by atoms with Crippen LogP contribution in [0.5, 0.6) is 0 Å². The highest BCUT2D eigenvalue weighted by atomic mass is 79.9. The van der Waals surface area contributed by atoms with E-state index in [2.05, 4.69) is 51.2 Å². The number of anilines is 1. The second-order valence-electron chi connectivity index (χ2n) is 5.80. The number of fused-ring (bicyclic) bond motifs is 1. The first-order valence-electron chi connectivity index (χ1n) is 7.57. The number of hydrogen-bond acceptors (Lipinski definition) is 2. The first-order chi connectivity index (χ1) is 11.0. The Morgan fingerprint density at radius 1 is 1.30 bits per heavy atom. The Balaban J connectivity index is 1.89. The zero-order chi connectivity index (χ0) is 16.4. The Hall–Kier alpha value is -2.07. The van der Waals surface area contributed by atoms with Gasteiger partial charge in [-0.25, -0.2) is 4.79 Å². The maximum absolute atomic E-state index is 11.0. The fourth-order valence-electron chi connectivity index (χ4n) is 2.95. The molecule has 3 rings (SSSR count). The lowest BCUT2D eigenvalue weighted by atomic mass is 10.1. The smallest absolute Gasteiger partial charge is 0.331 e. The molecule has 0 saturated carbocycles. The van der Waals surface area contributed by atoms with Crippen LogP contribution in [0.1, 0.15) is 23.6 Å². The van der Waals surface area contributed by atoms with Crippen LogP contribution in [0.3, 0.4) is 0 Å². The molecule has 0 fully saturated rings. The lowest BCUT2D eigenvalue weighted by Gasteiger charge is -2.21. The van der Waals surface area contributed by atoms with Crippen LogP contribution in [0, 0.1) is 0 Å². The van der Waals surface area contributed by atoms with Crippen LogP contribution >= 0.6 is 15.9 Å². The van der Waals surface area contributed by atoms with E-state index in [0.29, 0.717) is 5.57 Å². The van der Waals surface area contributed by atoms with Crippen LogP contribution in [-0.4, -0.2) is 17.6 Å². The predicted molar refractivity (Wildman–Crippen MR) is 96.6 cm³/mol. The monoisotopic (exact) mass is 371 g/mol. The van der Waals surface area contributed by atoms with Gasteiger partial charge in [-0.15, -0.1) is 0 Å². The molecule has 23 heavy (non-hydrogen) atoms. The van der Waals surface area contributed by atoms with Crippen molar-refractivity contribution in [3.8, 4) is 0 Å². The molecule has 1 heterocycles. The van der Waals surface area contributed by atoms with Crippen molar-refractivity contribution in [2.24, 2.45) is 0 Å². The minimum atomic E-state index is -0.882. The van der Waals surface area contributed by atoms with Crippen molar-refractivity contribution >= 4 is 33.7 Å². The molecule has 3 nitrogen and oxygen atoms in total. The Morgan fingerprint density at radius 2 is 2.04 bits per heavy atom. The number of carbonyl (C=O) groups is 1. The SMILES string of the molecule is CC(=Cc1cc(Br)c2c(c1)CCN2Cc1ccccc1)C(=O)O. The number of rotatable bonds is 4. The molecule has 1 N–H and O–H groups in total. The summed E-state index contributed by atoms with van der Waals surface area (Å²) in [4.78, 5) is 13.4. The van der Waals surface area contributed by atoms with Gasteiger partial charge in [0.2, 0.25) is 0 Å². The molecule has 4 heteroatoms. The van der Waals surface area contributed by atoms with Gasteiger partial charge in [-0.1, -0.05) is 30.3 Å². The quantitative estimate of drug-likeness (QED) is 0.804. The molecule has 0 atom stereocenters. The van der Waals surface area contributed by atoms with Crippen molar-refractivity contribution in [1.82, 2.24) is 0 Å². The van der Waals surface area contributed by atoms with Crippen molar-refractivity contribution in [2.45, 2.75) is 19.9 Å². The summed E-state index contributed by atoms with van der Waals surface area (Å²) in [7, 11) is 0. The molecule has 1 aliphatic rings. The fourth-order valence-corrected chi connectivity index (χ4v) is 3.72. The molecule has 0 bridgehead atoms. The maximum atomic E-state index is 11.0. The maximum Gasteiger partial charge on any atom is 0.331 e. The van der Waals surface area contributed by atoms with Crippen LogP contribution in [0.15, 0.2) is 52.5 Å². The molecule has 0 aromatic heterocycles. The molecule has 1 aliphatic heterocycles. The summed E-state index contributed by atoms with van der Waals surface area (Å²) in [6, 6.07) is 14.5. The first kappa shape index (κ1) is 15.8. The standard InChI is InChI=1S/C19H18BrNO2/c1-13(19(22)23)9-15-10-16-7-8-21(18(16)17(20)11-15)12-14-5-3-2-4-6-14/h2-6,9-11H,7-8,12H2,1H3,(H,22,23). The van der Waals surface area contributed by atoms with Crippen molar-refractivity contribution in [3.63, 3.8) is 0 Å². The van der Waals surface area contributed by atoms with E-state index in [4.69, 9.17) is 5.11 Å². The lowest BCUT2D eigenvalue weighted by Crippen LogP contribution is -2.19. The minimum absolute atomic E-state index is 0.344. The third kappa shape index (κ3) is 3.48. The molecule has 0 spiro atoms. The van der Waals surface area contributed by atoms with Gasteiger partial charge in [-0.2, -0.15) is 0 Å². The van der Waals surface area contributed by atoms with Gasteiger partial charge in [0.1, 0.15) is 0 Å². The third-order valence-corrected chi connectivity index (χ3v) is 4.67. The van der Waals surface area contributed by atoms with E-state index in [1.54, 1.807) is 13.0 Å². The molecule has 0 unspecified atom stereocenters. The normalized spacial score (nSPS) is 14.0. The van der Waals surface area contributed by atoms with Gasteiger partial charge >= 0.3 is 5.97 Å². The molecular weight excluding hydrogens is 354 g/mol. The van der Waals surface area contributed by atoms with Gasteiger partial charge in [0.15, 0.2) is 0 Å². The second kappa shape index (κ2) is 6.59. The summed E-state index contributed by atoms with van der Waals surface area (Å²) in [5.41, 5.74) is 5.05. The number of carboxylic acids is 1. The highest BCUT2D eigenvalue weighted by Gasteiger charge is 2.22. The summed E-state index contributed by atoms with van der Waals surface area (Å²) < 4.78 is 1.02. The lowest BCUT2D eigenvalue weighted by molar-refractivity contribution is -0.132. The zero-order valence-corrected chi connectivity index (χ0v) is 14.5. The summed E-state index contributed by atoms with van der Waals surface area (Å²) >= 11 is 3.66. The zero-order valence-electron chi connectivity index (χ0n) is 12.9. The second-order valence-corrected chi connectivity index (χ2v) is 6.65. The topological polar surface area (TPSA) is 40.5 Å². The molecule has 2 aromatic carbocycles. The fraction of sp³-hybridized carbons (Fsp3) is 0.211. The summed E-state index contributed by atoms with van der Waals surface area (Å²) in [5, 5.41) is 9.02. The van der Waals surface area contributed by atoms with Crippen molar-refractivity contribution in [3.05, 3.63) is 69.2 Å². The molecule has 0 aliphatic carbocycles. The van der Waals surface area contributed by atoms with Crippen molar-refractivity contribution < 1.29 is 9.90 Å². The van der Waals surface area contributed by atoms with Gasteiger partial charge in [0.25, 0.3) is 0 Å². The first-order valence-corrected chi connectivity index (χ1v) is 8.37. The van der Waals surface area contributed by atoms with Crippen molar-refractivity contribution in [2.75, 3.05) is 11.4 Å². The van der Waals surface area contributed by atoms with Crippen LogP contribution < -0.4 is 4.90 Å². The number of aliphatic carboxylic acids is 1. The van der Waals surface area contributed by atoms with E-state index in [1.807, 2.05) is 12.1 Å². The Kier molecular flexibility index (Phi) is 4.53. The molecule has 118 valence electrons. The highest BCUT2D eigenvalue weighted by Crippen LogP contribution is 2.37. The number of nitrogens with zero attached hydrogens (tertiary/aromatic N) is 1. The van der Waals surface area contributed by atoms with Gasteiger partial charge < -0.3 is 10.0 Å². The minimum Gasteiger partial charge on any atom is -0.478 e. The molecule has 2 aromatic rings. The van der Waals surface area contributed by atoms with E-state index >= 15 is 0 Å². The average molecular weight is 372 g/mol.